The van der Waals surface area contributed by atoms with Gasteiger partial charge < -0.3 is 10.1 Å². The zero-order valence-electron chi connectivity index (χ0n) is 12.6. The fourth-order valence-electron chi connectivity index (χ4n) is 2.24. The van der Waals surface area contributed by atoms with Crippen LogP contribution < -0.4 is 10.1 Å². The molecule has 0 saturated heterocycles. The standard InChI is InChI=1S/C18H23NO/c1-4-11-19-13-17-12-16(9-10-18(17)20-3)15-7-5-14(2)6-8-15/h5-10,12,19H,4,11,13H2,1-3H3. The largest absolute Gasteiger partial charge is 0.496 e. The van der Waals surface area contributed by atoms with E-state index in [1.807, 2.05) is 0 Å². The van der Waals surface area contributed by atoms with E-state index < -0.39 is 0 Å². The van der Waals surface area contributed by atoms with Crippen LogP contribution in [0, 0.1) is 6.92 Å². The minimum Gasteiger partial charge on any atom is -0.496 e. The van der Waals surface area contributed by atoms with Crippen LogP contribution in [0.5, 0.6) is 5.75 Å². The summed E-state index contributed by atoms with van der Waals surface area (Å²) in [5, 5.41) is 3.43. The molecule has 0 unspecified atom stereocenters. The molecule has 2 nitrogen and oxygen atoms in total. The fourth-order valence-corrected chi connectivity index (χ4v) is 2.24. The third-order valence-electron chi connectivity index (χ3n) is 3.41. The number of ether oxygens (including phenoxy) is 1. The van der Waals surface area contributed by atoms with Crippen molar-refractivity contribution in [1.82, 2.24) is 5.32 Å². The number of methoxy groups -OCH3 is 1. The molecular formula is C18H23NO. The normalized spacial score (nSPS) is 10.6. The molecule has 106 valence electrons. The Morgan fingerprint density at radius 3 is 2.35 bits per heavy atom. The van der Waals surface area contributed by atoms with Crippen LogP contribution in [0.15, 0.2) is 42.5 Å². The van der Waals surface area contributed by atoms with E-state index in [4.69, 9.17) is 4.74 Å². The predicted molar refractivity (Wildman–Crippen MR) is 85.2 cm³/mol. The summed E-state index contributed by atoms with van der Waals surface area (Å²) in [5.41, 5.74) is 4.97. The van der Waals surface area contributed by atoms with E-state index in [1.165, 1.54) is 22.3 Å². The minimum atomic E-state index is 0.844. The molecule has 0 aliphatic rings. The van der Waals surface area contributed by atoms with Gasteiger partial charge in [0.2, 0.25) is 0 Å². The van der Waals surface area contributed by atoms with Crippen molar-refractivity contribution in [2.45, 2.75) is 26.8 Å². The zero-order valence-corrected chi connectivity index (χ0v) is 12.6. The maximum absolute atomic E-state index is 5.45. The van der Waals surface area contributed by atoms with Crippen LogP contribution in [-0.4, -0.2) is 13.7 Å². The number of aryl methyl sites for hydroxylation is 1. The molecule has 0 heterocycles. The van der Waals surface area contributed by atoms with E-state index in [2.05, 4.69) is 61.6 Å². The molecule has 2 rings (SSSR count). The average molecular weight is 269 g/mol. The molecule has 2 heteroatoms. The van der Waals surface area contributed by atoms with Gasteiger partial charge in [-0.25, -0.2) is 0 Å². The van der Waals surface area contributed by atoms with Crippen LogP contribution in [0.3, 0.4) is 0 Å². The third kappa shape index (κ3) is 3.61. The Hall–Kier alpha value is -1.80. The van der Waals surface area contributed by atoms with Gasteiger partial charge in [-0.05, 0) is 43.1 Å². The Bertz CT molecular complexity index is 546. The van der Waals surface area contributed by atoms with Crippen LogP contribution >= 0.6 is 0 Å². The van der Waals surface area contributed by atoms with Crippen LogP contribution in [0.1, 0.15) is 24.5 Å². The first-order valence-electron chi connectivity index (χ1n) is 7.19. The summed E-state index contributed by atoms with van der Waals surface area (Å²) in [6.45, 7) is 6.15. The molecule has 2 aromatic carbocycles. The van der Waals surface area contributed by atoms with E-state index in [0.717, 1.165) is 25.3 Å². The summed E-state index contributed by atoms with van der Waals surface area (Å²) in [6.07, 6.45) is 1.14. The van der Waals surface area contributed by atoms with Crippen LogP contribution in [-0.2, 0) is 6.54 Å². The number of hydrogen-bond acceptors (Lipinski definition) is 2. The van der Waals surface area contributed by atoms with Crippen molar-refractivity contribution in [3.63, 3.8) is 0 Å². The monoisotopic (exact) mass is 269 g/mol. The fraction of sp³-hybridized carbons (Fsp3) is 0.333. The molecule has 0 atom stereocenters. The first-order valence-corrected chi connectivity index (χ1v) is 7.19. The second-order valence-electron chi connectivity index (χ2n) is 5.07. The van der Waals surface area contributed by atoms with Gasteiger partial charge in [0, 0.05) is 12.1 Å². The Morgan fingerprint density at radius 2 is 1.70 bits per heavy atom. The van der Waals surface area contributed by atoms with E-state index in [-0.39, 0.29) is 0 Å². The van der Waals surface area contributed by atoms with Gasteiger partial charge in [-0.15, -0.1) is 0 Å². The van der Waals surface area contributed by atoms with Crippen molar-refractivity contribution >= 4 is 0 Å². The van der Waals surface area contributed by atoms with Crippen molar-refractivity contribution in [1.29, 1.82) is 0 Å². The van der Waals surface area contributed by atoms with Crippen molar-refractivity contribution < 1.29 is 4.74 Å². The van der Waals surface area contributed by atoms with Gasteiger partial charge >= 0.3 is 0 Å². The molecule has 0 radical (unpaired) electrons. The maximum Gasteiger partial charge on any atom is 0.123 e. The van der Waals surface area contributed by atoms with E-state index in [1.54, 1.807) is 7.11 Å². The molecule has 0 saturated carbocycles. The van der Waals surface area contributed by atoms with Gasteiger partial charge in [0.25, 0.3) is 0 Å². The molecule has 20 heavy (non-hydrogen) atoms. The SMILES string of the molecule is CCCNCc1cc(-c2ccc(C)cc2)ccc1OC. The van der Waals surface area contributed by atoms with Crippen molar-refractivity contribution in [2.75, 3.05) is 13.7 Å². The topological polar surface area (TPSA) is 21.3 Å². The summed E-state index contributed by atoms with van der Waals surface area (Å²) < 4.78 is 5.45. The smallest absolute Gasteiger partial charge is 0.123 e. The molecule has 0 fully saturated rings. The molecule has 0 aromatic heterocycles. The Kier molecular flexibility index (Phi) is 5.19. The van der Waals surface area contributed by atoms with E-state index in [9.17, 15) is 0 Å². The number of rotatable bonds is 6. The lowest BCUT2D eigenvalue weighted by atomic mass is 10.0. The highest BCUT2D eigenvalue weighted by Crippen LogP contribution is 2.26. The lowest BCUT2D eigenvalue weighted by molar-refractivity contribution is 0.408. The first-order chi connectivity index (χ1) is 9.74. The summed E-state index contributed by atoms with van der Waals surface area (Å²) in [5.74, 6) is 0.949. The summed E-state index contributed by atoms with van der Waals surface area (Å²) >= 11 is 0. The lowest BCUT2D eigenvalue weighted by Crippen LogP contribution is -2.14. The molecule has 0 amide bonds. The molecule has 1 N–H and O–H groups in total. The second-order valence-corrected chi connectivity index (χ2v) is 5.07. The second kappa shape index (κ2) is 7.11. The Balaban J connectivity index is 2.26. The molecule has 0 spiro atoms. The van der Waals surface area contributed by atoms with Crippen molar-refractivity contribution in [3.05, 3.63) is 53.6 Å². The highest BCUT2D eigenvalue weighted by Gasteiger charge is 2.05. The molecule has 0 aliphatic carbocycles. The van der Waals surface area contributed by atoms with Crippen molar-refractivity contribution in [3.8, 4) is 16.9 Å². The predicted octanol–water partition coefficient (Wildman–Crippen LogP) is 4.17. The quantitative estimate of drug-likeness (QED) is 0.795. The van der Waals surface area contributed by atoms with Gasteiger partial charge in [-0.1, -0.05) is 42.8 Å². The highest BCUT2D eigenvalue weighted by atomic mass is 16.5. The van der Waals surface area contributed by atoms with Gasteiger partial charge in [-0.3, -0.25) is 0 Å². The van der Waals surface area contributed by atoms with E-state index in [0.29, 0.717) is 0 Å². The summed E-state index contributed by atoms with van der Waals surface area (Å²) in [6, 6.07) is 15.0. The molecule has 2 aromatic rings. The van der Waals surface area contributed by atoms with Crippen LogP contribution in [0.25, 0.3) is 11.1 Å². The molecular weight excluding hydrogens is 246 g/mol. The maximum atomic E-state index is 5.45. The van der Waals surface area contributed by atoms with Gasteiger partial charge in [0.15, 0.2) is 0 Å². The summed E-state index contributed by atoms with van der Waals surface area (Å²) in [7, 11) is 1.73. The van der Waals surface area contributed by atoms with Gasteiger partial charge in [-0.2, -0.15) is 0 Å². The minimum absolute atomic E-state index is 0.844. The van der Waals surface area contributed by atoms with Crippen molar-refractivity contribution in [2.24, 2.45) is 0 Å². The van der Waals surface area contributed by atoms with Crippen LogP contribution in [0.2, 0.25) is 0 Å². The van der Waals surface area contributed by atoms with Gasteiger partial charge in [0.1, 0.15) is 5.75 Å². The zero-order chi connectivity index (χ0) is 14.4. The number of hydrogen-bond donors (Lipinski definition) is 1. The first kappa shape index (κ1) is 14.6. The summed E-state index contributed by atoms with van der Waals surface area (Å²) in [4.78, 5) is 0. The number of nitrogens with one attached hydrogen (secondary N) is 1. The van der Waals surface area contributed by atoms with E-state index >= 15 is 0 Å². The number of benzene rings is 2. The highest BCUT2D eigenvalue weighted by molar-refractivity contribution is 5.66. The van der Waals surface area contributed by atoms with Crippen LogP contribution in [0.4, 0.5) is 0 Å². The average Bonchev–Trinajstić information content (AvgIpc) is 2.48. The lowest BCUT2D eigenvalue weighted by Gasteiger charge is -2.12. The Labute approximate surface area is 121 Å². The molecule has 0 bridgehead atoms. The van der Waals surface area contributed by atoms with Gasteiger partial charge in [0.05, 0.1) is 7.11 Å². The molecule has 0 aliphatic heterocycles. The third-order valence-corrected chi connectivity index (χ3v) is 3.41. The Morgan fingerprint density at radius 1 is 1.00 bits per heavy atom.